The monoisotopic (exact) mass is 227 g/mol. The molecule has 0 N–H and O–H groups in total. The van der Waals surface area contributed by atoms with E-state index in [1.54, 1.807) is 0 Å². The molecule has 0 saturated carbocycles. The molecule has 0 spiro atoms. The number of hydrogen-bond donors (Lipinski definition) is 0. The van der Waals surface area contributed by atoms with E-state index in [1.165, 1.54) is 0 Å². The maximum absolute atomic E-state index is 12.0. The zero-order chi connectivity index (χ0) is 11.4. The molecule has 4 heteroatoms. The Labute approximate surface area is 96.9 Å². The number of rotatable bonds is 4. The van der Waals surface area contributed by atoms with Crippen LogP contribution in [0.15, 0.2) is 0 Å². The van der Waals surface area contributed by atoms with Crippen LogP contribution in [-0.2, 0) is 14.3 Å². The molecule has 2 atom stereocenters. The lowest BCUT2D eigenvalue weighted by atomic mass is 10.0. The minimum absolute atomic E-state index is 0.139. The summed E-state index contributed by atoms with van der Waals surface area (Å²) in [5.41, 5.74) is 0. The van der Waals surface area contributed by atoms with Gasteiger partial charge in [-0.05, 0) is 12.8 Å². The zero-order valence-electron chi connectivity index (χ0n) is 9.98. The highest BCUT2D eigenvalue weighted by molar-refractivity contribution is 5.83. The van der Waals surface area contributed by atoms with Crippen molar-refractivity contribution < 1.29 is 14.3 Å². The van der Waals surface area contributed by atoms with Crippen LogP contribution in [0.25, 0.3) is 0 Å². The highest BCUT2D eigenvalue weighted by Crippen LogP contribution is 2.16. The fourth-order valence-electron chi connectivity index (χ4n) is 2.39. The zero-order valence-corrected chi connectivity index (χ0v) is 9.98. The van der Waals surface area contributed by atoms with Crippen molar-refractivity contribution in [2.75, 3.05) is 39.5 Å². The molecule has 16 heavy (non-hydrogen) atoms. The van der Waals surface area contributed by atoms with Crippen LogP contribution < -0.4 is 0 Å². The van der Waals surface area contributed by atoms with Gasteiger partial charge >= 0.3 is 0 Å². The summed E-state index contributed by atoms with van der Waals surface area (Å²) >= 11 is 0. The van der Waals surface area contributed by atoms with E-state index in [1.807, 2.05) is 0 Å². The van der Waals surface area contributed by atoms with E-state index in [-0.39, 0.29) is 5.92 Å². The third kappa shape index (κ3) is 2.81. The molecule has 0 bridgehead atoms. The van der Waals surface area contributed by atoms with E-state index < -0.39 is 0 Å². The Morgan fingerprint density at radius 1 is 1.31 bits per heavy atom. The van der Waals surface area contributed by atoms with Gasteiger partial charge in [0, 0.05) is 25.1 Å². The van der Waals surface area contributed by atoms with Gasteiger partial charge in [-0.3, -0.25) is 9.69 Å². The van der Waals surface area contributed by atoms with Crippen molar-refractivity contribution >= 4 is 5.78 Å². The van der Waals surface area contributed by atoms with Gasteiger partial charge in [-0.15, -0.1) is 0 Å². The maximum atomic E-state index is 12.0. The summed E-state index contributed by atoms with van der Waals surface area (Å²) in [5.74, 6) is 0.484. The summed E-state index contributed by atoms with van der Waals surface area (Å²) < 4.78 is 10.7. The maximum Gasteiger partial charge on any atom is 0.152 e. The number of carbonyl (C=O) groups excluding carboxylic acids is 1. The first-order chi connectivity index (χ1) is 7.81. The summed E-state index contributed by atoms with van der Waals surface area (Å²) in [5, 5.41) is 0. The van der Waals surface area contributed by atoms with Gasteiger partial charge in [-0.1, -0.05) is 6.92 Å². The van der Waals surface area contributed by atoms with E-state index in [9.17, 15) is 4.79 Å². The molecule has 4 nitrogen and oxygen atoms in total. The fraction of sp³-hybridized carbons (Fsp3) is 0.917. The molecule has 0 aromatic heterocycles. The molecule has 0 aromatic carbocycles. The summed E-state index contributed by atoms with van der Waals surface area (Å²) in [4.78, 5) is 14.3. The number of ketones is 1. The molecule has 2 aliphatic heterocycles. The van der Waals surface area contributed by atoms with Crippen molar-refractivity contribution in [1.29, 1.82) is 0 Å². The first-order valence-electron chi connectivity index (χ1n) is 6.23. The largest absolute Gasteiger partial charge is 0.381 e. The predicted molar refractivity (Wildman–Crippen MR) is 60.4 cm³/mol. The molecule has 2 unspecified atom stereocenters. The Balaban J connectivity index is 1.84. The van der Waals surface area contributed by atoms with Gasteiger partial charge in [-0.25, -0.2) is 0 Å². The standard InChI is InChI=1S/C12H21NO3/c1-2-11-9-16-6-4-13(11)7-12(14)10-3-5-15-8-10/h10-11H,2-9H2,1H3. The second-order valence-corrected chi connectivity index (χ2v) is 4.63. The lowest BCUT2D eigenvalue weighted by molar-refractivity contribution is -0.126. The molecule has 2 saturated heterocycles. The van der Waals surface area contributed by atoms with Gasteiger partial charge < -0.3 is 9.47 Å². The fourth-order valence-corrected chi connectivity index (χ4v) is 2.39. The third-order valence-electron chi connectivity index (χ3n) is 3.56. The van der Waals surface area contributed by atoms with Crippen LogP contribution in [0.5, 0.6) is 0 Å². The number of Topliss-reactive ketones (excluding diaryl/α,β-unsaturated/α-hetero) is 1. The van der Waals surface area contributed by atoms with Crippen LogP contribution in [-0.4, -0.2) is 56.2 Å². The van der Waals surface area contributed by atoms with Gasteiger partial charge in [0.25, 0.3) is 0 Å². The van der Waals surface area contributed by atoms with Crippen LogP contribution >= 0.6 is 0 Å². The van der Waals surface area contributed by atoms with Gasteiger partial charge in [0.05, 0.1) is 26.4 Å². The number of nitrogens with zero attached hydrogens (tertiary/aromatic N) is 1. The Bertz CT molecular complexity index is 238. The smallest absolute Gasteiger partial charge is 0.152 e. The number of ether oxygens (including phenoxy) is 2. The number of hydrogen-bond acceptors (Lipinski definition) is 4. The van der Waals surface area contributed by atoms with Crippen LogP contribution in [0.2, 0.25) is 0 Å². The highest BCUT2D eigenvalue weighted by atomic mass is 16.5. The molecule has 0 aromatic rings. The van der Waals surface area contributed by atoms with Crippen molar-refractivity contribution in [3.63, 3.8) is 0 Å². The molecular weight excluding hydrogens is 206 g/mol. The number of carbonyl (C=O) groups is 1. The van der Waals surface area contributed by atoms with Crippen molar-refractivity contribution in [3.05, 3.63) is 0 Å². The highest BCUT2D eigenvalue weighted by Gasteiger charge is 2.28. The first-order valence-corrected chi connectivity index (χ1v) is 6.23. The second-order valence-electron chi connectivity index (χ2n) is 4.63. The van der Waals surface area contributed by atoms with Crippen LogP contribution in [0.4, 0.5) is 0 Å². The Kier molecular flexibility index (Phi) is 4.32. The molecule has 92 valence electrons. The third-order valence-corrected chi connectivity index (χ3v) is 3.56. The first kappa shape index (κ1) is 12.0. The minimum Gasteiger partial charge on any atom is -0.381 e. The average Bonchev–Trinajstić information content (AvgIpc) is 2.83. The normalized spacial score (nSPS) is 31.8. The average molecular weight is 227 g/mol. The van der Waals surface area contributed by atoms with Crippen LogP contribution in [0.1, 0.15) is 19.8 Å². The summed E-state index contributed by atoms with van der Waals surface area (Å²) in [6, 6.07) is 0.417. The molecule has 2 heterocycles. The van der Waals surface area contributed by atoms with Crippen molar-refractivity contribution in [2.45, 2.75) is 25.8 Å². The summed E-state index contributed by atoms with van der Waals surface area (Å²) in [6.07, 6.45) is 1.95. The van der Waals surface area contributed by atoms with E-state index >= 15 is 0 Å². The van der Waals surface area contributed by atoms with Crippen molar-refractivity contribution in [1.82, 2.24) is 4.90 Å². The van der Waals surface area contributed by atoms with Gasteiger partial charge in [-0.2, -0.15) is 0 Å². The van der Waals surface area contributed by atoms with E-state index in [2.05, 4.69) is 11.8 Å². The molecule has 0 aliphatic carbocycles. The minimum atomic E-state index is 0.139. The lowest BCUT2D eigenvalue weighted by Gasteiger charge is -2.34. The van der Waals surface area contributed by atoms with Gasteiger partial charge in [0.15, 0.2) is 5.78 Å². The Morgan fingerprint density at radius 2 is 2.12 bits per heavy atom. The molecule has 0 radical (unpaired) electrons. The SMILES string of the molecule is CCC1COCCN1CC(=O)C1CCOC1. The Hall–Kier alpha value is -0.450. The van der Waals surface area contributed by atoms with E-state index in [4.69, 9.17) is 9.47 Å². The van der Waals surface area contributed by atoms with Crippen LogP contribution in [0, 0.1) is 5.92 Å². The summed E-state index contributed by atoms with van der Waals surface area (Å²) in [6.45, 7) is 6.51. The van der Waals surface area contributed by atoms with Crippen molar-refractivity contribution in [3.8, 4) is 0 Å². The molecule has 2 aliphatic rings. The van der Waals surface area contributed by atoms with E-state index in [0.29, 0.717) is 25.0 Å². The predicted octanol–water partition coefficient (Wildman–Crippen LogP) is 0.703. The van der Waals surface area contributed by atoms with Gasteiger partial charge in [0.2, 0.25) is 0 Å². The number of morpholine rings is 1. The lowest BCUT2D eigenvalue weighted by Crippen LogP contribution is -2.48. The van der Waals surface area contributed by atoms with Crippen molar-refractivity contribution in [2.24, 2.45) is 5.92 Å². The van der Waals surface area contributed by atoms with E-state index in [0.717, 1.165) is 39.2 Å². The summed E-state index contributed by atoms with van der Waals surface area (Å²) in [7, 11) is 0. The Morgan fingerprint density at radius 3 is 2.81 bits per heavy atom. The molecular formula is C12H21NO3. The van der Waals surface area contributed by atoms with Gasteiger partial charge in [0.1, 0.15) is 0 Å². The van der Waals surface area contributed by atoms with Crippen LogP contribution in [0.3, 0.4) is 0 Å². The second kappa shape index (κ2) is 5.75. The molecule has 0 amide bonds. The quantitative estimate of drug-likeness (QED) is 0.709. The molecule has 2 fully saturated rings. The molecule has 2 rings (SSSR count). The topological polar surface area (TPSA) is 38.8 Å².